The highest BCUT2D eigenvalue weighted by Gasteiger charge is 2.31. The largest absolute Gasteiger partial charge is 0.382 e. The first-order valence-corrected chi connectivity index (χ1v) is 8.70. The molecule has 0 amide bonds. The molecule has 0 aliphatic carbocycles. The van der Waals surface area contributed by atoms with Gasteiger partial charge in [-0.1, -0.05) is 0 Å². The van der Waals surface area contributed by atoms with E-state index in [9.17, 15) is 8.42 Å². The van der Waals surface area contributed by atoms with Crippen molar-refractivity contribution in [2.75, 3.05) is 18.4 Å². The maximum absolute atomic E-state index is 11.2. The third kappa shape index (κ3) is 2.97. The Labute approximate surface area is 120 Å². The molecule has 20 heavy (non-hydrogen) atoms. The van der Waals surface area contributed by atoms with Gasteiger partial charge in [0.25, 0.3) is 0 Å². The summed E-state index contributed by atoms with van der Waals surface area (Å²) < 4.78 is 22.4. The van der Waals surface area contributed by atoms with E-state index in [0.29, 0.717) is 6.04 Å². The van der Waals surface area contributed by atoms with Crippen LogP contribution in [0.25, 0.3) is 0 Å². The molecule has 1 aromatic rings. The molecule has 2 atom stereocenters. The van der Waals surface area contributed by atoms with Crippen molar-refractivity contribution in [3.63, 3.8) is 0 Å². The van der Waals surface area contributed by atoms with E-state index in [4.69, 9.17) is 5.14 Å². The molecule has 5 nitrogen and oxygen atoms in total. The second-order valence-electron chi connectivity index (χ2n) is 5.77. The van der Waals surface area contributed by atoms with Crippen LogP contribution in [0.15, 0.2) is 29.2 Å². The predicted molar refractivity (Wildman–Crippen MR) is 79.1 cm³/mol. The average molecular weight is 295 g/mol. The number of anilines is 1. The van der Waals surface area contributed by atoms with E-state index in [0.717, 1.165) is 24.7 Å². The number of nitrogens with two attached hydrogens (primary N) is 1. The van der Waals surface area contributed by atoms with Crippen molar-refractivity contribution in [2.45, 2.75) is 42.7 Å². The number of primary sulfonamides is 1. The molecule has 3 rings (SSSR count). The molecule has 2 aliphatic rings. The molecule has 1 aromatic carbocycles. The lowest BCUT2D eigenvalue weighted by Crippen LogP contribution is -2.42. The van der Waals surface area contributed by atoms with Crippen LogP contribution in [-0.2, 0) is 10.0 Å². The Morgan fingerprint density at radius 3 is 2.60 bits per heavy atom. The van der Waals surface area contributed by atoms with Crippen molar-refractivity contribution in [1.82, 2.24) is 4.90 Å². The van der Waals surface area contributed by atoms with E-state index < -0.39 is 10.0 Å². The zero-order chi connectivity index (χ0) is 14.2. The number of nitrogens with zero attached hydrogens (tertiary/aromatic N) is 1. The van der Waals surface area contributed by atoms with Crippen LogP contribution in [0.2, 0.25) is 0 Å². The number of sulfonamides is 1. The number of hydrogen-bond donors (Lipinski definition) is 2. The van der Waals surface area contributed by atoms with Gasteiger partial charge in [-0.25, -0.2) is 13.6 Å². The Morgan fingerprint density at radius 1 is 1.15 bits per heavy atom. The van der Waals surface area contributed by atoms with Crippen LogP contribution < -0.4 is 10.5 Å². The zero-order valence-electron chi connectivity index (χ0n) is 11.5. The van der Waals surface area contributed by atoms with E-state index >= 15 is 0 Å². The minimum absolute atomic E-state index is 0.161. The van der Waals surface area contributed by atoms with Gasteiger partial charge in [0.05, 0.1) is 4.90 Å². The van der Waals surface area contributed by atoms with Gasteiger partial charge in [-0.05, 0) is 56.5 Å². The van der Waals surface area contributed by atoms with Crippen LogP contribution in [0, 0.1) is 0 Å². The maximum atomic E-state index is 11.2. The summed E-state index contributed by atoms with van der Waals surface area (Å²) >= 11 is 0. The van der Waals surface area contributed by atoms with E-state index in [-0.39, 0.29) is 4.90 Å². The third-order valence-electron chi connectivity index (χ3n) is 4.37. The molecule has 6 heteroatoms. The first-order valence-electron chi connectivity index (χ1n) is 7.16. The number of benzene rings is 1. The lowest BCUT2D eigenvalue weighted by atomic mass is 9.97. The highest BCUT2D eigenvalue weighted by Crippen LogP contribution is 2.28. The molecule has 0 bridgehead atoms. The first-order chi connectivity index (χ1) is 9.52. The summed E-state index contributed by atoms with van der Waals surface area (Å²) in [5.41, 5.74) is 0.967. The standard InChI is InChI=1S/C14H21N3O2S/c15-20(18,19)14-5-3-11(4-6-14)16-12-7-9-17-8-1-2-13(17)10-12/h3-6,12-13,16H,1-2,7-10H2,(H2,15,18,19). The van der Waals surface area contributed by atoms with Crippen LogP contribution in [-0.4, -0.2) is 38.5 Å². The fraction of sp³-hybridized carbons (Fsp3) is 0.571. The summed E-state index contributed by atoms with van der Waals surface area (Å²) in [6, 6.07) is 7.91. The SMILES string of the molecule is NS(=O)(=O)c1ccc(NC2CCN3CCCC3C2)cc1. The van der Waals surface area contributed by atoms with Gasteiger partial charge in [-0.3, -0.25) is 0 Å². The molecule has 2 aliphatic heterocycles. The Morgan fingerprint density at radius 2 is 1.90 bits per heavy atom. The molecule has 2 fully saturated rings. The quantitative estimate of drug-likeness (QED) is 0.883. The second kappa shape index (κ2) is 5.35. The van der Waals surface area contributed by atoms with Crippen LogP contribution in [0.4, 0.5) is 5.69 Å². The predicted octanol–water partition coefficient (Wildman–Crippen LogP) is 1.37. The second-order valence-corrected chi connectivity index (χ2v) is 7.33. The van der Waals surface area contributed by atoms with Gasteiger partial charge in [0, 0.05) is 24.3 Å². The summed E-state index contributed by atoms with van der Waals surface area (Å²) in [5, 5.41) is 8.61. The van der Waals surface area contributed by atoms with Gasteiger partial charge in [-0.2, -0.15) is 0 Å². The minimum atomic E-state index is -3.60. The first kappa shape index (κ1) is 13.9. The van der Waals surface area contributed by atoms with Crippen molar-refractivity contribution in [1.29, 1.82) is 0 Å². The molecule has 0 saturated carbocycles. The molecule has 110 valence electrons. The fourth-order valence-corrected chi connectivity index (χ4v) is 3.85. The molecule has 2 saturated heterocycles. The molecule has 0 radical (unpaired) electrons. The topological polar surface area (TPSA) is 75.4 Å². The van der Waals surface area contributed by atoms with E-state index in [1.165, 1.54) is 25.8 Å². The van der Waals surface area contributed by atoms with Gasteiger partial charge in [-0.15, -0.1) is 0 Å². The summed E-state index contributed by atoms with van der Waals surface area (Å²) in [6.45, 7) is 2.41. The van der Waals surface area contributed by atoms with Gasteiger partial charge >= 0.3 is 0 Å². The minimum Gasteiger partial charge on any atom is -0.382 e. The van der Waals surface area contributed by atoms with E-state index in [1.54, 1.807) is 24.3 Å². The smallest absolute Gasteiger partial charge is 0.238 e. The summed E-state index contributed by atoms with van der Waals surface area (Å²) in [4.78, 5) is 2.75. The van der Waals surface area contributed by atoms with Crippen LogP contribution in [0.5, 0.6) is 0 Å². The highest BCUT2D eigenvalue weighted by atomic mass is 32.2. The van der Waals surface area contributed by atoms with Crippen molar-refractivity contribution in [3.8, 4) is 0 Å². The number of nitrogens with one attached hydrogen (secondary N) is 1. The van der Waals surface area contributed by atoms with E-state index in [1.807, 2.05) is 0 Å². The third-order valence-corrected chi connectivity index (χ3v) is 5.30. The van der Waals surface area contributed by atoms with Gasteiger partial charge in [0.1, 0.15) is 0 Å². The van der Waals surface area contributed by atoms with E-state index in [2.05, 4.69) is 10.2 Å². The molecule has 0 spiro atoms. The summed E-state index contributed by atoms with van der Waals surface area (Å²) in [5.74, 6) is 0. The Kier molecular flexibility index (Phi) is 3.70. The van der Waals surface area contributed by atoms with Gasteiger partial charge in [0.15, 0.2) is 0 Å². The lowest BCUT2D eigenvalue weighted by Gasteiger charge is -2.35. The lowest BCUT2D eigenvalue weighted by molar-refractivity contribution is 0.188. The zero-order valence-corrected chi connectivity index (χ0v) is 12.3. The Balaban J connectivity index is 1.63. The molecular weight excluding hydrogens is 274 g/mol. The monoisotopic (exact) mass is 295 g/mol. The normalized spacial score (nSPS) is 27.2. The van der Waals surface area contributed by atoms with Crippen LogP contribution >= 0.6 is 0 Å². The molecular formula is C14H21N3O2S. The van der Waals surface area contributed by atoms with Crippen molar-refractivity contribution < 1.29 is 8.42 Å². The number of piperidine rings is 1. The van der Waals surface area contributed by atoms with Crippen molar-refractivity contribution in [3.05, 3.63) is 24.3 Å². The summed E-state index contributed by atoms with van der Waals surface area (Å²) in [7, 11) is -3.60. The molecule has 0 aromatic heterocycles. The Bertz CT molecular complexity index is 571. The van der Waals surface area contributed by atoms with Crippen molar-refractivity contribution in [2.24, 2.45) is 5.14 Å². The molecule has 3 N–H and O–H groups in total. The maximum Gasteiger partial charge on any atom is 0.238 e. The van der Waals surface area contributed by atoms with Crippen LogP contribution in [0.1, 0.15) is 25.7 Å². The highest BCUT2D eigenvalue weighted by molar-refractivity contribution is 7.89. The van der Waals surface area contributed by atoms with Gasteiger partial charge in [0.2, 0.25) is 10.0 Å². The Hall–Kier alpha value is -1.11. The van der Waals surface area contributed by atoms with Gasteiger partial charge < -0.3 is 10.2 Å². The molecule has 2 unspecified atom stereocenters. The number of fused-ring (bicyclic) bond motifs is 1. The fourth-order valence-electron chi connectivity index (χ4n) is 3.33. The summed E-state index contributed by atoms with van der Waals surface area (Å²) in [6.07, 6.45) is 4.95. The van der Waals surface area contributed by atoms with Crippen molar-refractivity contribution >= 4 is 15.7 Å². The number of hydrogen-bond acceptors (Lipinski definition) is 4. The molecule has 2 heterocycles. The van der Waals surface area contributed by atoms with Crippen LogP contribution in [0.3, 0.4) is 0 Å². The average Bonchev–Trinajstić information content (AvgIpc) is 2.86. The number of rotatable bonds is 3.